The lowest BCUT2D eigenvalue weighted by atomic mass is 10.1. The zero-order valence-corrected chi connectivity index (χ0v) is 12.8. The summed E-state index contributed by atoms with van der Waals surface area (Å²) in [5.74, 6) is 0. The van der Waals surface area contributed by atoms with Crippen LogP contribution in [0.2, 0.25) is 0 Å². The van der Waals surface area contributed by atoms with Gasteiger partial charge in [0.1, 0.15) is 0 Å². The van der Waals surface area contributed by atoms with Crippen LogP contribution in [-0.4, -0.2) is 11.5 Å². The van der Waals surface area contributed by atoms with Crippen LogP contribution in [0.4, 0.5) is 0 Å². The molecule has 0 aliphatic rings. The molecule has 0 atom stereocenters. The second-order valence-electron chi connectivity index (χ2n) is 3.55. The first-order valence-corrected chi connectivity index (χ1v) is 6.39. The maximum absolute atomic E-state index is 5.63. The Balaban J connectivity index is 0.00000128. The molecule has 0 saturated carbocycles. The third-order valence-corrected chi connectivity index (χ3v) is 3.89. The average molecular weight is 369 g/mol. The highest BCUT2D eigenvalue weighted by Crippen LogP contribution is 2.34. The van der Waals surface area contributed by atoms with Crippen molar-refractivity contribution >= 4 is 55.2 Å². The van der Waals surface area contributed by atoms with Gasteiger partial charge in [0.25, 0.3) is 0 Å². The minimum atomic E-state index is 0. The summed E-state index contributed by atoms with van der Waals surface area (Å²) in [6.07, 6.45) is 0.904. The second-order valence-corrected chi connectivity index (χ2v) is 5.26. The Labute approximate surface area is 118 Å². The van der Waals surface area contributed by atoms with E-state index in [1.54, 1.807) is 0 Å². The van der Waals surface area contributed by atoms with E-state index in [0.717, 1.165) is 20.9 Å². The van der Waals surface area contributed by atoms with Crippen molar-refractivity contribution < 1.29 is 0 Å². The molecule has 0 radical (unpaired) electrons. The van der Waals surface area contributed by atoms with Crippen molar-refractivity contribution in [1.82, 2.24) is 4.98 Å². The summed E-state index contributed by atoms with van der Waals surface area (Å²) >= 11 is 7.13. The highest BCUT2D eigenvalue weighted by molar-refractivity contribution is 9.11. The van der Waals surface area contributed by atoms with Gasteiger partial charge >= 0.3 is 0 Å². The van der Waals surface area contributed by atoms with Crippen LogP contribution in [0.1, 0.15) is 11.3 Å². The summed E-state index contributed by atoms with van der Waals surface area (Å²) in [6, 6.07) is 4.09. The van der Waals surface area contributed by atoms with Crippen LogP contribution in [0.15, 0.2) is 21.1 Å². The minimum Gasteiger partial charge on any atom is -0.357 e. The van der Waals surface area contributed by atoms with Crippen LogP contribution in [-0.2, 0) is 6.42 Å². The van der Waals surface area contributed by atoms with E-state index in [2.05, 4.69) is 49.8 Å². The molecule has 1 aromatic heterocycles. The molecule has 0 bridgehead atoms. The fraction of sp³-hybridized carbons (Fsp3) is 0.273. The van der Waals surface area contributed by atoms with Crippen LogP contribution in [0, 0.1) is 6.92 Å². The maximum Gasteiger partial charge on any atom is 0.0614 e. The molecule has 0 aliphatic heterocycles. The van der Waals surface area contributed by atoms with E-state index < -0.39 is 0 Å². The zero-order chi connectivity index (χ0) is 11.0. The predicted octanol–water partition coefficient (Wildman–Crippen LogP) is 3.92. The molecule has 0 spiro atoms. The lowest BCUT2D eigenvalue weighted by molar-refractivity contribution is 0.962. The highest BCUT2D eigenvalue weighted by atomic mass is 79.9. The Morgan fingerprint density at radius 3 is 2.50 bits per heavy atom. The molecular formula is C11H13Br2ClN2. The second kappa shape index (κ2) is 5.54. The molecule has 0 amide bonds. The molecule has 0 fully saturated rings. The number of aromatic nitrogens is 1. The van der Waals surface area contributed by atoms with Gasteiger partial charge in [-0.05, 0) is 53.5 Å². The fourth-order valence-corrected chi connectivity index (χ4v) is 2.88. The quantitative estimate of drug-likeness (QED) is 0.829. The smallest absolute Gasteiger partial charge is 0.0614 e. The van der Waals surface area contributed by atoms with E-state index >= 15 is 0 Å². The molecule has 2 aromatic rings. The Hall–Kier alpha value is -0.0300. The highest BCUT2D eigenvalue weighted by Gasteiger charge is 2.12. The molecular weight excluding hydrogens is 355 g/mol. The Bertz CT molecular complexity index is 508. The van der Waals surface area contributed by atoms with Crippen molar-refractivity contribution in [3.63, 3.8) is 0 Å². The third-order valence-electron chi connectivity index (χ3n) is 2.56. The summed E-state index contributed by atoms with van der Waals surface area (Å²) in [5.41, 5.74) is 9.27. The number of aryl methyl sites for hydroxylation is 1. The topological polar surface area (TPSA) is 41.8 Å². The number of nitrogens with two attached hydrogens (primary N) is 1. The number of halogens is 3. The molecule has 0 unspecified atom stereocenters. The van der Waals surface area contributed by atoms with Gasteiger partial charge in [0.2, 0.25) is 0 Å². The Morgan fingerprint density at radius 2 is 1.88 bits per heavy atom. The van der Waals surface area contributed by atoms with Crippen molar-refractivity contribution in [2.24, 2.45) is 5.73 Å². The first-order valence-electron chi connectivity index (χ1n) is 4.80. The normalized spacial score (nSPS) is 10.5. The predicted molar refractivity (Wildman–Crippen MR) is 78.4 cm³/mol. The van der Waals surface area contributed by atoms with E-state index in [1.165, 1.54) is 16.6 Å². The SMILES string of the molecule is Cc1[nH]c2c(Br)ccc(Br)c2c1CCN.Cl. The first kappa shape index (κ1) is 14.0. The molecule has 2 nitrogen and oxygen atoms in total. The number of hydrogen-bond acceptors (Lipinski definition) is 1. The van der Waals surface area contributed by atoms with E-state index in [1.807, 2.05) is 6.07 Å². The van der Waals surface area contributed by atoms with Crippen molar-refractivity contribution in [2.45, 2.75) is 13.3 Å². The lowest BCUT2D eigenvalue weighted by Crippen LogP contribution is -2.03. The number of aromatic amines is 1. The van der Waals surface area contributed by atoms with E-state index in [-0.39, 0.29) is 12.4 Å². The number of benzene rings is 1. The van der Waals surface area contributed by atoms with Gasteiger partial charge in [-0.15, -0.1) is 12.4 Å². The molecule has 2 rings (SSSR count). The van der Waals surface area contributed by atoms with E-state index in [9.17, 15) is 0 Å². The van der Waals surface area contributed by atoms with Crippen molar-refractivity contribution in [3.05, 3.63) is 32.3 Å². The number of rotatable bonds is 2. The Kier molecular flexibility index (Phi) is 4.86. The van der Waals surface area contributed by atoms with Crippen LogP contribution >= 0.6 is 44.3 Å². The molecule has 1 heterocycles. The number of H-pyrrole nitrogens is 1. The summed E-state index contributed by atoms with van der Waals surface area (Å²) < 4.78 is 2.21. The zero-order valence-electron chi connectivity index (χ0n) is 8.81. The lowest BCUT2D eigenvalue weighted by Gasteiger charge is -2.01. The van der Waals surface area contributed by atoms with Crippen molar-refractivity contribution in [1.29, 1.82) is 0 Å². The standard InChI is InChI=1S/C11H12Br2N2.ClH/c1-6-7(4-5-14)10-8(12)2-3-9(13)11(10)15-6;/h2-3,15H,4-5,14H2,1H3;1H. The number of nitrogens with one attached hydrogen (secondary N) is 1. The maximum atomic E-state index is 5.63. The number of hydrogen-bond donors (Lipinski definition) is 2. The minimum absolute atomic E-state index is 0. The summed E-state index contributed by atoms with van der Waals surface area (Å²) in [4.78, 5) is 3.39. The monoisotopic (exact) mass is 366 g/mol. The van der Waals surface area contributed by atoms with Gasteiger partial charge in [0.15, 0.2) is 0 Å². The van der Waals surface area contributed by atoms with Crippen molar-refractivity contribution in [3.8, 4) is 0 Å². The van der Waals surface area contributed by atoms with Gasteiger partial charge in [-0.25, -0.2) is 0 Å². The van der Waals surface area contributed by atoms with Crippen LogP contribution in [0.25, 0.3) is 10.9 Å². The van der Waals surface area contributed by atoms with E-state index in [0.29, 0.717) is 6.54 Å². The van der Waals surface area contributed by atoms with Gasteiger partial charge in [0, 0.05) is 20.0 Å². The van der Waals surface area contributed by atoms with Gasteiger partial charge in [0.05, 0.1) is 5.52 Å². The third kappa shape index (κ3) is 2.30. The Morgan fingerprint density at radius 1 is 1.25 bits per heavy atom. The molecule has 5 heteroatoms. The van der Waals surface area contributed by atoms with Gasteiger partial charge in [-0.2, -0.15) is 0 Å². The largest absolute Gasteiger partial charge is 0.357 e. The molecule has 88 valence electrons. The molecule has 3 N–H and O–H groups in total. The average Bonchev–Trinajstić information content (AvgIpc) is 2.53. The number of fused-ring (bicyclic) bond motifs is 1. The summed E-state index contributed by atoms with van der Waals surface area (Å²) in [7, 11) is 0. The molecule has 0 aliphatic carbocycles. The van der Waals surface area contributed by atoms with Crippen LogP contribution in [0.5, 0.6) is 0 Å². The van der Waals surface area contributed by atoms with Crippen LogP contribution < -0.4 is 5.73 Å². The van der Waals surface area contributed by atoms with Gasteiger partial charge in [-0.3, -0.25) is 0 Å². The molecule has 0 saturated heterocycles. The van der Waals surface area contributed by atoms with Gasteiger partial charge in [-0.1, -0.05) is 15.9 Å². The van der Waals surface area contributed by atoms with Gasteiger partial charge < -0.3 is 10.7 Å². The first-order chi connectivity index (χ1) is 7.15. The fourth-order valence-electron chi connectivity index (χ4n) is 1.88. The van der Waals surface area contributed by atoms with E-state index in [4.69, 9.17) is 5.73 Å². The van der Waals surface area contributed by atoms with Crippen molar-refractivity contribution in [2.75, 3.05) is 6.54 Å². The summed E-state index contributed by atoms with van der Waals surface area (Å²) in [5, 5.41) is 1.24. The van der Waals surface area contributed by atoms with Crippen LogP contribution in [0.3, 0.4) is 0 Å². The molecule has 16 heavy (non-hydrogen) atoms. The molecule has 1 aromatic carbocycles. The summed E-state index contributed by atoms with van der Waals surface area (Å²) in [6.45, 7) is 2.76.